The van der Waals surface area contributed by atoms with E-state index in [0.717, 1.165) is 12.8 Å². The highest BCUT2D eigenvalue weighted by Crippen LogP contribution is 2.26. The van der Waals surface area contributed by atoms with Crippen LogP contribution in [0.25, 0.3) is 0 Å². The van der Waals surface area contributed by atoms with Crippen LogP contribution < -0.4 is 4.74 Å². The molecule has 0 aliphatic rings. The molecule has 2 aromatic carbocycles. The number of aliphatic hydroxyl groups excluding tert-OH is 1. The summed E-state index contributed by atoms with van der Waals surface area (Å²) in [6, 6.07) is 10.7. The number of allylic oxidation sites excluding steroid dienone is 3. The average Bonchev–Trinajstić information content (AvgIpc) is 2.69. The Morgan fingerprint density at radius 2 is 1.73 bits per heavy atom. The molecule has 0 fully saturated rings. The Kier molecular flexibility index (Phi) is 8.69. The molecule has 160 valence electrons. The molecule has 0 saturated carbocycles. The number of ether oxygens (including phenoxy) is 1. The minimum absolute atomic E-state index is 0.0436. The largest absolute Gasteiger partial charge is 0.508 e. The molecule has 1 atom stereocenters. The third kappa shape index (κ3) is 7.41. The molecule has 2 aromatic rings. The molecule has 0 bridgehead atoms. The molecule has 0 radical (unpaired) electrons. The lowest BCUT2D eigenvalue weighted by Crippen LogP contribution is -2.23. The van der Waals surface area contributed by atoms with E-state index in [-0.39, 0.29) is 23.5 Å². The van der Waals surface area contributed by atoms with Crippen LogP contribution in [0.15, 0.2) is 65.8 Å². The Balaban J connectivity index is 1.93. The fourth-order valence-corrected chi connectivity index (χ4v) is 2.91. The van der Waals surface area contributed by atoms with Gasteiger partial charge in [-0.05, 0) is 69.5 Å². The number of hydrogen-bond acceptors (Lipinski definition) is 5. The van der Waals surface area contributed by atoms with Gasteiger partial charge < -0.3 is 20.1 Å². The maximum absolute atomic E-state index is 12.5. The average molecular weight is 411 g/mol. The van der Waals surface area contributed by atoms with Crippen LogP contribution in [-0.4, -0.2) is 33.8 Å². The van der Waals surface area contributed by atoms with Crippen molar-refractivity contribution in [1.82, 2.24) is 0 Å². The standard InChI is InChI=1S/C25H30O5/c1-17(2)5-4-6-18(3)13-14-30-21-11-12-22(23(27)16-21)25(29)24(28)15-19-7-9-20(26)10-8-19/h5,7-13,16,24,26-28H,4,6,14-15H2,1-3H3/b18-13+. The van der Waals surface area contributed by atoms with Crippen LogP contribution in [0, 0.1) is 0 Å². The number of hydrogen-bond donors (Lipinski definition) is 3. The monoisotopic (exact) mass is 410 g/mol. The number of Topliss-reactive ketones (excluding diaryl/α,β-unsaturated/α-hetero) is 1. The van der Waals surface area contributed by atoms with E-state index in [9.17, 15) is 20.1 Å². The number of benzene rings is 2. The molecular formula is C25H30O5. The molecule has 0 heterocycles. The normalized spacial score (nSPS) is 12.3. The Hall–Kier alpha value is -3.05. The predicted molar refractivity (Wildman–Crippen MR) is 118 cm³/mol. The molecule has 3 N–H and O–H groups in total. The zero-order chi connectivity index (χ0) is 22.1. The smallest absolute Gasteiger partial charge is 0.195 e. The summed E-state index contributed by atoms with van der Waals surface area (Å²) in [6.07, 6.45) is 4.95. The van der Waals surface area contributed by atoms with Gasteiger partial charge in [0.05, 0.1) is 5.56 Å². The number of aliphatic hydroxyl groups is 1. The van der Waals surface area contributed by atoms with Crippen molar-refractivity contribution < 1.29 is 24.9 Å². The Labute approximate surface area is 178 Å². The molecular weight excluding hydrogens is 380 g/mol. The van der Waals surface area contributed by atoms with Crippen molar-refractivity contribution >= 4 is 5.78 Å². The van der Waals surface area contributed by atoms with E-state index < -0.39 is 11.9 Å². The second-order valence-corrected chi connectivity index (χ2v) is 7.61. The lowest BCUT2D eigenvalue weighted by Gasteiger charge is -2.12. The van der Waals surface area contributed by atoms with Crippen molar-refractivity contribution in [3.63, 3.8) is 0 Å². The number of ketones is 1. The van der Waals surface area contributed by atoms with Gasteiger partial charge in [-0.3, -0.25) is 4.79 Å². The van der Waals surface area contributed by atoms with Crippen molar-refractivity contribution in [2.45, 2.75) is 46.1 Å². The van der Waals surface area contributed by atoms with Crippen molar-refractivity contribution in [2.24, 2.45) is 0 Å². The lowest BCUT2D eigenvalue weighted by molar-refractivity contribution is 0.0745. The fraction of sp³-hybridized carbons (Fsp3) is 0.320. The first-order chi connectivity index (χ1) is 14.3. The first-order valence-corrected chi connectivity index (χ1v) is 10.0. The summed E-state index contributed by atoms with van der Waals surface area (Å²) >= 11 is 0. The van der Waals surface area contributed by atoms with Gasteiger partial charge >= 0.3 is 0 Å². The van der Waals surface area contributed by atoms with Crippen molar-refractivity contribution in [3.8, 4) is 17.2 Å². The molecule has 0 aromatic heterocycles. The molecule has 0 aliphatic carbocycles. The highest BCUT2D eigenvalue weighted by Gasteiger charge is 2.21. The van der Waals surface area contributed by atoms with Crippen LogP contribution >= 0.6 is 0 Å². The summed E-state index contributed by atoms with van der Waals surface area (Å²) in [5.41, 5.74) is 3.28. The van der Waals surface area contributed by atoms with Crippen LogP contribution in [0.4, 0.5) is 0 Å². The van der Waals surface area contributed by atoms with Gasteiger partial charge in [-0.2, -0.15) is 0 Å². The SMILES string of the molecule is CC(C)=CCC/C(C)=C/COc1ccc(C(=O)C(O)Cc2ccc(O)cc2)c(O)c1. The quantitative estimate of drug-likeness (QED) is 0.381. The number of aromatic hydroxyl groups is 2. The third-order valence-corrected chi connectivity index (χ3v) is 4.68. The summed E-state index contributed by atoms with van der Waals surface area (Å²) in [6.45, 7) is 6.58. The summed E-state index contributed by atoms with van der Waals surface area (Å²) in [7, 11) is 0. The van der Waals surface area contributed by atoms with Gasteiger partial charge in [-0.1, -0.05) is 29.4 Å². The van der Waals surface area contributed by atoms with Gasteiger partial charge in [0, 0.05) is 12.5 Å². The van der Waals surface area contributed by atoms with Crippen molar-refractivity contribution in [3.05, 3.63) is 76.9 Å². The Morgan fingerprint density at radius 1 is 1.03 bits per heavy atom. The summed E-state index contributed by atoms with van der Waals surface area (Å²) in [5.74, 6) is -0.232. The van der Waals surface area contributed by atoms with E-state index >= 15 is 0 Å². The molecule has 5 heteroatoms. The van der Waals surface area contributed by atoms with E-state index in [1.165, 1.54) is 35.4 Å². The highest BCUT2D eigenvalue weighted by molar-refractivity contribution is 6.01. The maximum Gasteiger partial charge on any atom is 0.195 e. The number of carbonyl (C=O) groups excluding carboxylic acids is 1. The van der Waals surface area contributed by atoms with E-state index in [4.69, 9.17) is 4.74 Å². The van der Waals surface area contributed by atoms with Gasteiger partial charge in [-0.25, -0.2) is 0 Å². The number of carbonyl (C=O) groups is 1. The fourth-order valence-electron chi connectivity index (χ4n) is 2.91. The zero-order valence-corrected chi connectivity index (χ0v) is 17.8. The molecule has 0 spiro atoms. The van der Waals surface area contributed by atoms with Gasteiger partial charge in [0.15, 0.2) is 5.78 Å². The lowest BCUT2D eigenvalue weighted by atomic mass is 9.99. The Morgan fingerprint density at radius 3 is 2.37 bits per heavy atom. The third-order valence-electron chi connectivity index (χ3n) is 4.68. The zero-order valence-electron chi connectivity index (χ0n) is 17.8. The summed E-state index contributed by atoms with van der Waals surface area (Å²) in [5, 5.41) is 29.8. The summed E-state index contributed by atoms with van der Waals surface area (Å²) < 4.78 is 5.64. The predicted octanol–water partition coefficient (Wildman–Crippen LogP) is 4.96. The van der Waals surface area contributed by atoms with E-state index in [2.05, 4.69) is 26.8 Å². The summed E-state index contributed by atoms with van der Waals surface area (Å²) in [4.78, 5) is 12.5. The van der Waals surface area contributed by atoms with Crippen LogP contribution in [0.3, 0.4) is 0 Å². The number of phenolic OH excluding ortho intramolecular Hbond substituents is 2. The Bertz CT molecular complexity index is 906. The molecule has 1 unspecified atom stereocenters. The van der Waals surface area contributed by atoms with Crippen molar-refractivity contribution in [1.29, 1.82) is 0 Å². The topological polar surface area (TPSA) is 87.0 Å². The highest BCUT2D eigenvalue weighted by atomic mass is 16.5. The van der Waals surface area contributed by atoms with Gasteiger partial charge in [-0.15, -0.1) is 0 Å². The van der Waals surface area contributed by atoms with Gasteiger partial charge in [0.25, 0.3) is 0 Å². The first-order valence-electron chi connectivity index (χ1n) is 10.0. The van der Waals surface area contributed by atoms with E-state index in [1.54, 1.807) is 18.2 Å². The molecule has 30 heavy (non-hydrogen) atoms. The number of phenols is 2. The molecule has 0 aliphatic heterocycles. The van der Waals surface area contributed by atoms with Crippen LogP contribution in [0.5, 0.6) is 17.2 Å². The minimum Gasteiger partial charge on any atom is -0.508 e. The molecule has 2 rings (SSSR count). The van der Waals surface area contributed by atoms with Crippen molar-refractivity contribution in [2.75, 3.05) is 6.61 Å². The molecule has 0 amide bonds. The number of rotatable bonds is 10. The van der Waals surface area contributed by atoms with Crippen LogP contribution in [0.1, 0.15) is 49.5 Å². The first kappa shape index (κ1) is 23.2. The van der Waals surface area contributed by atoms with Gasteiger partial charge in [0.1, 0.15) is 30.0 Å². The second kappa shape index (κ2) is 11.2. The maximum atomic E-state index is 12.5. The second-order valence-electron chi connectivity index (χ2n) is 7.61. The van der Waals surface area contributed by atoms with Crippen LogP contribution in [0.2, 0.25) is 0 Å². The molecule has 0 saturated heterocycles. The van der Waals surface area contributed by atoms with Crippen LogP contribution in [-0.2, 0) is 6.42 Å². The molecule has 5 nitrogen and oxygen atoms in total. The van der Waals surface area contributed by atoms with E-state index in [0.29, 0.717) is 17.9 Å². The van der Waals surface area contributed by atoms with E-state index in [1.807, 2.05) is 6.08 Å². The van der Waals surface area contributed by atoms with Gasteiger partial charge in [0.2, 0.25) is 0 Å². The minimum atomic E-state index is -1.29.